The normalized spacial score (nSPS) is 25.8. The highest BCUT2D eigenvalue weighted by atomic mass is 16.2. The topological polar surface area (TPSA) is 66.5 Å². The molecule has 1 aliphatic carbocycles. The first-order chi connectivity index (χ1) is 7.84. The molecule has 2 fully saturated rings. The van der Waals surface area contributed by atoms with E-state index in [2.05, 4.69) is 5.32 Å². The van der Waals surface area contributed by atoms with Gasteiger partial charge in [-0.05, 0) is 33.1 Å². The molecule has 17 heavy (non-hydrogen) atoms. The second kappa shape index (κ2) is 3.82. The summed E-state index contributed by atoms with van der Waals surface area (Å²) in [7, 11) is 0. The zero-order valence-electron chi connectivity index (χ0n) is 10.4. The van der Waals surface area contributed by atoms with Gasteiger partial charge in [0.1, 0.15) is 5.41 Å². The van der Waals surface area contributed by atoms with Crippen molar-refractivity contribution >= 4 is 17.8 Å². The molecular formula is C12H18N2O3. The zero-order chi connectivity index (χ0) is 12.8. The lowest BCUT2D eigenvalue weighted by Gasteiger charge is -2.37. The van der Waals surface area contributed by atoms with Crippen molar-refractivity contribution in [1.82, 2.24) is 10.2 Å². The number of carbonyl (C=O) groups excluding carboxylic acids is 3. The molecule has 5 nitrogen and oxygen atoms in total. The number of rotatable bonds is 3. The van der Waals surface area contributed by atoms with Crippen LogP contribution in [0.4, 0.5) is 4.79 Å². The van der Waals surface area contributed by atoms with Crippen LogP contribution in [0.3, 0.4) is 0 Å². The van der Waals surface area contributed by atoms with Crippen molar-refractivity contribution in [2.45, 2.75) is 46.1 Å². The Kier molecular flexibility index (Phi) is 2.72. The summed E-state index contributed by atoms with van der Waals surface area (Å²) in [5, 5.41) is 2.25. The Morgan fingerprint density at radius 2 is 1.94 bits per heavy atom. The fourth-order valence-corrected chi connectivity index (χ4v) is 2.15. The number of imide groups is 2. The molecule has 1 aliphatic heterocycles. The molecule has 2 aliphatic rings. The first-order valence-corrected chi connectivity index (χ1v) is 6.03. The number of carbonyl (C=O) groups is 3. The third kappa shape index (κ3) is 2.06. The maximum absolute atomic E-state index is 12.2. The number of barbiturate groups is 1. The molecule has 0 spiro atoms. The van der Waals surface area contributed by atoms with Gasteiger partial charge in [-0.2, -0.15) is 0 Å². The molecule has 1 heterocycles. The van der Waals surface area contributed by atoms with Crippen LogP contribution in [0.1, 0.15) is 40.0 Å². The molecule has 5 heteroatoms. The molecule has 1 saturated carbocycles. The molecule has 94 valence electrons. The minimum absolute atomic E-state index is 0.137. The second-order valence-electron chi connectivity index (χ2n) is 5.59. The molecule has 1 atom stereocenters. The average molecular weight is 238 g/mol. The van der Waals surface area contributed by atoms with Gasteiger partial charge in [0.05, 0.1) is 0 Å². The number of amides is 4. The van der Waals surface area contributed by atoms with Gasteiger partial charge in [-0.15, -0.1) is 0 Å². The van der Waals surface area contributed by atoms with Crippen molar-refractivity contribution in [2.24, 2.45) is 11.3 Å². The largest absolute Gasteiger partial charge is 0.331 e. The third-order valence-corrected chi connectivity index (χ3v) is 3.57. The summed E-state index contributed by atoms with van der Waals surface area (Å²) >= 11 is 0. The van der Waals surface area contributed by atoms with E-state index in [-0.39, 0.29) is 11.9 Å². The molecule has 0 aromatic heterocycles. The van der Waals surface area contributed by atoms with Gasteiger partial charge < -0.3 is 0 Å². The monoisotopic (exact) mass is 238 g/mol. The first-order valence-electron chi connectivity index (χ1n) is 6.03. The van der Waals surface area contributed by atoms with E-state index in [1.54, 1.807) is 13.8 Å². The van der Waals surface area contributed by atoms with E-state index >= 15 is 0 Å². The van der Waals surface area contributed by atoms with Crippen LogP contribution in [0, 0.1) is 11.3 Å². The lowest BCUT2D eigenvalue weighted by molar-refractivity contribution is -0.150. The van der Waals surface area contributed by atoms with Gasteiger partial charge >= 0.3 is 6.03 Å². The summed E-state index contributed by atoms with van der Waals surface area (Å²) in [6.07, 6.45) is 3.19. The van der Waals surface area contributed by atoms with Crippen molar-refractivity contribution in [1.29, 1.82) is 0 Å². The maximum atomic E-state index is 12.2. The Labute approximate surface area is 101 Å². The van der Waals surface area contributed by atoms with Crippen molar-refractivity contribution in [3.05, 3.63) is 0 Å². The van der Waals surface area contributed by atoms with Crippen LogP contribution in [-0.2, 0) is 9.59 Å². The van der Waals surface area contributed by atoms with Crippen molar-refractivity contribution < 1.29 is 14.4 Å². The van der Waals surface area contributed by atoms with Gasteiger partial charge in [-0.3, -0.25) is 19.8 Å². The Hall–Kier alpha value is -1.39. The molecule has 0 aromatic rings. The van der Waals surface area contributed by atoms with Gasteiger partial charge in [-0.25, -0.2) is 4.79 Å². The summed E-state index contributed by atoms with van der Waals surface area (Å²) in [6.45, 7) is 4.96. The molecule has 0 aromatic carbocycles. The number of hydrogen-bond donors (Lipinski definition) is 1. The molecule has 1 saturated heterocycles. The fraction of sp³-hybridized carbons (Fsp3) is 0.750. The van der Waals surface area contributed by atoms with Gasteiger partial charge in [0, 0.05) is 6.04 Å². The highest BCUT2D eigenvalue weighted by Crippen LogP contribution is 2.36. The standard InChI is InChI=1S/C12H18N2O3/c1-7(6-8-4-5-8)14-10(16)12(2,3)9(15)13-11(14)17/h7-8H,4-6H2,1-3H3,(H,13,15,17). The molecule has 0 bridgehead atoms. The van der Waals surface area contributed by atoms with E-state index in [9.17, 15) is 14.4 Å². The zero-order valence-corrected chi connectivity index (χ0v) is 10.4. The summed E-state index contributed by atoms with van der Waals surface area (Å²) in [6, 6.07) is -0.713. The van der Waals surface area contributed by atoms with Crippen LogP contribution in [0.5, 0.6) is 0 Å². The van der Waals surface area contributed by atoms with Crippen LogP contribution in [0.15, 0.2) is 0 Å². The van der Waals surface area contributed by atoms with Crippen LogP contribution < -0.4 is 5.32 Å². The average Bonchev–Trinajstić information content (AvgIpc) is 2.99. The minimum atomic E-state index is -1.15. The van der Waals surface area contributed by atoms with Crippen LogP contribution in [-0.4, -0.2) is 28.8 Å². The fourth-order valence-electron chi connectivity index (χ4n) is 2.15. The molecule has 1 unspecified atom stereocenters. The summed E-state index contributed by atoms with van der Waals surface area (Å²) in [4.78, 5) is 36.6. The number of hydrogen-bond acceptors (Lipinski definition) is 3. The van der Waals surface area contributed by atoms with Crippen LogP contribution in [0.25, 0.3) is 0 Å². The molecule has 1 N–H and O–H groups in total. The van der Waals surface area contributed by atoms with Gasteiger partial charge in [0.25, 0.3) is 0 Å². The van der Waals surface area contributed by atoms with E-state index in [1.807, 2.05) is 6.92 Å². The minimum Gasteiger partial charge on any atom is -0.277 e. The van der Waals surface area contributed by atoms with E-state index in [0.29, 0.717) is 5.92 Å². The van der Waals surface area contributed by atoms with Crippen LogP contribution >= 0.6 is 0 Å². The second-order valence-corrected chi connectivity index (χ2v) is 5.59. The van der Waals surface area contributed by atoms with Crippen molar-refractivity contribution in [3.8, 4) is 0 Å². The number of nitrogens with one attached hydrogen (secondary N) is 1. The Morgan fingerprint density at radius 3 is 2.47 bits per heavy atom. The summed E-state index contributed by atoms with van der Waals surface area (Å²) in [5.41, 5.74) is -1.15. The maximum Gasteiger partial charge on any atom is 0.331 e. The van der Waals surface area contributed by atoms with Crippen molar-refractivity contribution in [2.75, 3.05) is 0 Å². The van der Waals surface area contributed by atoms with Gasteiger partial charge in [0.15, 0.2) is 0 Å². The van der Waals surface area contributed by atoms with Crippen LogP contribution in [0.2, 0.25) is 0 Å². The smallest absolute Gasteiger partial charge is 0.277 e. The van der Waals surface area contributed by atoms with E-state index in [4.69, 9.17) is 0 Å². The highest BCUT2D eigenvalue weighted by molar-refractivity contribution is 6.18. The summed E-state index contributed by atoms with van der Waals surface area (Å²) in [5.74, 6) is -0.270. The Morgan fingerprint density at radius 1 is 1.35 bits per heavy atom. The Bertz CT molecular complexity index is 385. The SMILES string of the molecule is CC(CC1CC1)N1C(=O)NC(=O)C(C)(C)C1=O. The Balaban J connectivity index is 2.16. The van der Waals surface area contributed by atoms with Gasteiger partial charge in [0.2, 0.25) is 11.8 Å². The number of nitrogens with zero attached hydrogens (tertiary/aromatic N) is 1. The quantitative estimate of drug-likeness (QED) is 0.753. The predicted molar refractivity (Wildman–Crippen MR) is 61.0 cm³/mol. The lowest BCUT2D eigenvalue weighted by atomic mass is 9.88. The molecular weight excluding hydrogens is 220 g/mol. The van der Waals surface area contributed by atoms with E-state index in [1.165, 1.54) is 17.7 Å². The molecule has 4 amide bonds. The molecule has 0 radical (unpaired) electrons. The summed E-state index contributed by atoms with van der Waals surface area (Å²) < 4.78 is 0. The van der Waals surface area contributed by atoms with Gasteiger partial charge in [-0.1, -0.05) is 12.8 Å². The predicted octanol–water partition coefficient (Wildman–Crippen LogP) is 1.28. The lowest BCUT2D eigenvalue weighted by Crippen LogP contribution is -2.63. The first kappa shape index (κ1) is 12.1. The molecule has 2 rings (SSSR count). The van der Waals surface area contributed by atoms with E-state index in [0.717, 1.165) is 6.42 Å². The highest BCUT2D eigenvalue weighted by Gasteiger charge is 2.48. The number of urea groups is 1. The van der Waals surface area contributed by atoms with E-state index < -0.39 is 17.4 Å². The third-order valence-electron chi connectivity index (χ3n) is 3.57. The van der Waals surface area contributed by atoms with Crippen molar-refractivity contribution in [3.63, 3.8) is 0 Å².